The molecule has 0 aromatic carbocycles. The molecule has 0 bridgehead atoms. The van der Waals surface area contributed by atoms with Gasteiger partial charge in [-0.05, 0) is 57.8 Å². The van der Waals surface area contributed by atoms with Gasteiger partial charge in [-0.1, -0.05) is 201 Å². The number of hydrogen-bond donors (Lipinski definition) is 0. The van der Waals surface area contributed by atoms with Gasteiger partial charge in [0.1, 0.15) is 0 Å². The van der Waals surface area contributed by atoms with Crippen molar-refractivity contribution in [3.63, 3.8) is 0 Å². The molecule has 302 valence electrons. The Labute approximate surface area is 320 Å². The summed E-state index contributed by atoms with van der Waals surface area (Å²) in [6.45, 7) is 11.2. The lowest BCUT2D eigenvalue weighted by Crippen LogP contribution is -2.49. The van der Waals surface area contributed by atoms with Gasteiger partial charge in [-0.3, -0.25) is 0 Å². The van der Waals surface area contributed by atoms with E-state index in [1.165, 1.54) is 266 Å². The Morgan fingerprint density at radius 3 is 0.800 bits per heavy atom. The van der Waals surface area contributed by atoms with E-state index in [0.717, 1.165) is 6.04 Å². The summed E-state index contributed by atoms with van der Waals surface area (Å²) in [5.74, 6) is 0. The van der Waals surface area contributed by atoms with Gasteiger partial charge >= 0.3 is 0 Å². The van der Waals surface area contributed by atoms with E-state index in [9.17, 15) is 0 Å². The molecule has 2 heteroatoms. The minimum atomic E-state index is 0.858. The van der Waals surface area contributed by atoms with Crippen LogP contribution in [0.15, 0.2) is 0 Å². The van der Waals surface area contributed by atoms with E-state index in [4.69, 9.17) is 0 Å². The highest BCUT2D eigenvalue weighted by Crippen LogP contribution is 2.21. The third-order valence-corrected chi connectivity index (χ3v) is 12.5. The molecule has 0 radical (unpaired) electrons. The molecule has 0 aliphatic rings. The van der Waals surface area contributed by atoms with Crippen molar-refractivity contribution in [2.75, 3.05) is 47.8 Å². The summed E-state index contributed by atoms with van der Waals surface area (Å²) in [4.78, 5) is 0. The van der Waals surface area contributed by atoms with Gasteiger partial charge in [0.05, 0.1) is 53.9 Å². The van der Waals surface area contributed by atoms with Crippen LogP contribution in [-0.2, 0) is 0 Å². The summed E-state index contributed by atoms with van der Waals surface area (Å²) in [7, 11) is 10.0. The van der Waals surface area contributed by atoms with Gasteiger partial charge in [-0.2, -0.15) is 0 Å². The predicted molar refractivity (Wildman–Crippen MR) is 230 cm³/mol. The second-order valence-electron chi connectivity index (χ2n) is 18.4. The van der Waals surface area contributed by atoms with Crippen molar-refractivity contribution < 1.29 is 8.97 Å². The van der Waals surface area contributed by atoms with E-state index in [0.29, 0.717) is 0 Å². The maximum atomic E-state index is 2.52. The molecule has 0 amide bonds. The summed E-state index contributed by atoms with van der Waals surface area (Å²) in [6, 6.07) is 0.858. The highest BCUT2D eigenvalue weighted by atomic mass is 15.3. The van der Waals surface area contributed by atoms with E-state index in [2.05, 4.69) is 49.0 Å². The van der Waals surface area contributed by atoms with Crippen LogP contribution in [0.4, 0.5) is 0 Å². The van der Waals surface area contributed by atoms with Crippen molar-refractivity contribution in [2.45, 2.75) is 264 Å². The Balaban J connectivity index is 3.62. The third kappa shape index (κ3) is 35.0. The molecule has 0 spiro atoms. The van der Waals surface area contributed by atoms with Crippen LogP contribution in [0.3, 0.4) is 0 Å². The van der Waals surface area contributed by atoms with Gasteiger partial charge < -0.3 is 8.97 Å². The Morgan fingerprint density at radius 2 is 0.520 bits per heavy atom. The number of quaternary nitrogens is 2. The fraction of sp³-hybridized carbons (Fsp3) is 1.00. The summed E-state index contributed by atoms with van der Waals surface area (Å²) >= 11 is 0. The summed E-state index contributed by atoms with van der Waals surface area (Å²) in [5.41, 5.74) is 0. The van der Waals surface area contributed by atoms with Crippen LogP contribution in [0.2, 0.25) is 0 Å². The first-order chi connectivity index (χ1) is 24.3. The first kappa shape index (κ1) is 49.9. The van der Waals surface area contributed by atoms with Gasteiger partial charge in [0, 0.05) is 0 Å². The van der Waals surface area contributed by atoms with E-state index >= 15 is 0 Å². The number of rotatable bonds is 42. The maximum absolute atomic E-state index is 2.52. The predicted octanol–water partition coefficient (Wildman–Crippen LogP) is 16.0. The molecular formula is C48H102N2+2. The van der Waals surface area contributed by atoms with Crippen LogP contribution < -0.4 is 0 Å². The first-order valence-corrected chi connectivity index (χ1v) is 23.9. The van der Waals surface area contributed by atoms with Crippen molar-refractivity contribution in [3.8, 4) is 0 Å². The summed E-state index contributed by atoms with van der Waals surface area (Å²) in [5, 5.41) is 0. The van der Waals surface area contributed by atoms with Crippen molar-refractivity contribution in [1.82, 2.24) is 0 Å². The summed E-state index contributed by atoms with van der Waals surface area (Å²) < 4.78 is 2.49. The van der Waals surface area contributed by atoms with Gasteiger partial charge in [-0.15, -0.1) is 0 Å². The van der Waals surface area contributed by atoms with Crippen LogP contribution in [0.5, 0.6) is 0 Å². The lowest BCUT2D eigenvalue weighted by Gasteiger charge is -2.38. The standard InChI is InChI=1S/C48H102N2/c1-8-11-13-15-17-19-21-23-25-27-29-33-37-41-45-49(4,5)46-42-38-34-31-32-36-40-44-48(10-3)50(6,7)47-43-39-35-30-28-26-24-22-20-18-16-14-12-9-2/h48H,8-47H2,1-7H3/q+2. The quantitative estimate of drug-likeness (QED) is 0.0438. The Morgan fingerprint density at radius 1 is 0.280 bits per heavy atom. The van der Waals surface area contributed by atoms with Crippen LogP contribution in [0, 0.1) is 0 Å². The zero-order chi connectivity index (χ0) is 36.9. The largest absolute Gasteiger partial charge is 0.328 e. The smallest absolute Gasteiger partial charge is 0.0883 e. The van der Waals surface area contributed by atoms with E-state index in [1.807, 2.05) is 0 Å². The lowest BCUT2D eigenvalue weighted by molar-refractivity contribution is -0.915. The van der Waals surface area contributed by atoms with Crippen molar-refractivity contribution >= 4 is 0 Å². The molecular weight excluding hydrogens is 605 g/mol. The second-order valence-corrected chi connectivity index (χ2v) is 18.4. The van der Waals surface area contributed by atoms with Crippen LogP contribution >= 0.6 is 0 Å². The third-order valence-electron chi connectivity index (χ3n) is 12.5. The molecule has 1 atom stereocenters. The molecule has 0 aliphatic heterocycles. The van der Waals surface area contributed by atoms with Crippen LogP contribution in [0.25, 0.3) is 0 Å². The fourth-order valence-corrected chi connectivity index (χ4v) is 8.59. The molecule has 0 aliphatic carbocycles. The average molecular weight is 707 g/mol. The highest BCUT2D eigenvalue weighted by molar-refractivity contribution is 4.59. The van der Waals surface area contributed by atoms with Gasteiger partial charge in [0.25, 0.3) is 0 Å². The van der Waals surface area contributed by atoms with Crippen LogP contribution in [0.1, 0.15) is 258 Å². The summed E-state index contributed by atoms with van der Waals surface area (Å²) in [6.07, 6.45) is 53.8. The molecule has 0 fully saturated rings. The molecule has 0 aromatic heterocycles. The minimum Gasteiger partial charge on any atom is -0.328 e. The number of nitrogens with zero attached hydrogens (tertiary/aromatic N) is 2. The van der Waals surface area contributed by atoms with Crippen molar-refractivity contribution in [3.05, 3.63) is 0 Å². The molecule has 0 rings (SSSR count). The molecule has 1 unspecified atom stereocenters. The zero-order valence-corrected chi connectivity index (χ0v) is 36.8. The second kappa shape index (κ2) is 37.2. The monoisotopic (exact) mass is 707 g/mol. The average Bonchev–Trinajstić information content (AvgIpc) is 3.09. The van der Waals surface area contributed by atoms with Crippen molar-refractivity contribution in [1.29, 1.82) is 0 Å². The normalized spacial score (nSPS) is 13.0. The lowest BCUT2D eigenvalue weighted by atomic mass is 10.0. The number of hydrogen-bond acceptors (Lipinski definition) is 0. The van der Waals surface area contributed by atoms with Gasteiger partial charge in [0.2, 0.25) is 0 Å². The van der Waals surface area contributed by atoms with Crippen molar-refractivity contribution in [2.24, 2.45) is 0 Å². The zero-order valence-electron chi connectivity index (χ0n) is 36.8. The highest BCUT2D eigenvalue weighted by Gasteiger charge is 2.25. The SMILES string of the molecule is CCCCCCCCCCCCCCCC[N+](C)(C)CCCCCCCCCC(CC)[N+](C)(C)CCCCCCCCCCCCCCCC. The van der Waals surface area contributed by atoms with E-state index in [1.54, 1.807) is 0 Å². The van der Waals surface area contributed by atoms with Gasteiger partial charge in [-0.25, -0.2) is 0 Å². The Bertz CT molecular complexity index is 640. The van der Waals surface area contributed by atoms with Crippen LogP contribution in [-0.4, -0.2) is 62.8 Å². The molecule has 0 saturated carbocycles. The number of unbranched alkanes of at least 4 members (excludes halogenated alkanes) is 32. The molecule has 0 saturated heterocycles. The molecule has 0 heterocycles. The Kier molecular flexibility index (Phi) is 37.2. The first-order valence-electron chi connectivity index (χ1n) is 23.9. The molecule has 2 nitrogen and oxygen atoms in total. The minimum absolute atomic E-state index is 0.858. The molecule has 50 heavy (non-hydrogen) atoms. The molecule has 0 N–H and O–H groups in total. The molecule has 0 aromatic rings. The topological polar surface area (TPSA) is 0 Å². The van der Waals surface area contributed by atoms with E-state index in [-0.39, 0.29) is 0 Å². The fourth-order valence-electron chi connectivity index (χ4n) is 8.59. The van der Waals surface area contributed by atoms with E-state index < -0.39 is 0 Å². The maximum Gasteiger partial charge on any atom is 0.0883 e. The Hall–Kier alpha value is -0.0800. The van der Waals surface area contributed by atoms with Gasteiger partial charge in [0.15, 0.2) is 0 Å².